The predicted octanol–water partition coefficient (Wildman–Crippen LogP) is 1.30. The first-order valence-electron chi connectivity index (χ1n) is 8.58. The van der Waals surface area contributed by atoms with Crippen LogP contribution in [-0.4, -0.2) is 44.6 Å². The zero-order valence-corrected chi connectivity index (χ0v) is 14.2. The van der Waals surface area contributed by atoms with Crippen molar-refractivity contribution < 1.29 is 9.59 Å². The van der Waals surface area contributed by atoms with E-state index in [0.717, 1.165) is 25.0 Å². The monoisotopic (exact) mass is 339 g/mol. The molecule has 2 fully saturated rings. The Morgan fingerprint density at radius 2 is 2.20 bits per heavy atom. The number of primary amides is 1. The van der Waals surface area contributed by atoms with E-state index in [1.54, 1.807) is 22.0 Å². The van der Waals surface area contributed by atoms with Gasteiger partial charge in [0.05, 0.1) is 22.9 Å². The van der Waals surface area contributed by atoms with E-state index < -0.39 is 5.41 Å². The topological polar surface area (TPSA) is 94.1 Å². The van der Waals surface area contributed by atoms with Crippen molar-refractivity contribution in [2.24, 2.45) is 17.1 Å². The van der Waals surface area contributed by atoms with Gasteiger partial charge in [-0.1, -0.05) is 12.5 Å². The van der Waals surface area contributed by atoms with Crippen LogP contribution < -0.4 is 5.73 Å². The van der Waals surface area contributed by atoms with Gasteiger partial charge in [0, 0.05) is 19.3 Å². The molecule has 4 rings (SSSR count). The average Bonchev–Trinajstić information content (AvgIpc) is 3.27. The van der Waals surface area contributed by atoms with Crippen molar-refractivity contribution in [3.05, 3.63) is 41.9 Å². The summed E-state index contributed by atoms with van der Waals surface area (Å²) in [7, 11) is 0. The van der Waals surface area contributed by atoms with E-state index in [0.29, 0.717) is 24.5 Å². The van der Waals surface area contributed by atoms with Crippen LogP contribution in [0.25, 0.3) is 5.82 Å². The van der Waals surface area contributed by atoms with Gasteiger partial charge in [0.2, 0.25) is 5.91 Å². The van der Waals surface area contributed by atoms with Crippen LogP contribution in [0.5, 0.6) is 0 Å². The SMILES string of the molecule is Cc1c(C(=O)N2C[C@@H]3CCC[C@]3(C(N)=O)C2)cnn1-c1ccccn1. The van der Waals surface area contributed by atoms with Crippen LogP contribution in [0, 0.1) is 18.3 Å². The molecule has 7 heteroatoms. The molecule has 2 aliphatic rings. The Morgan fingerprint density at radius 3 is 2.88 bits per heavy atom. The molecule has 7 nitrogen and oxygen atoms in total. The summed E-state index contributed by atoms with van der Waals surface area (Å²) in [6.07, 6.45) is 6.02. The number of rotatable bonds is 3. The number of likely N-dealkylation sites (tertiary alicyclic amines) is 1. The number of amides is 2. The van der Waals surface area contributed by atoms with E-state index in [2.05, 4.69) is 10.1 Å². The third-order valence-electron chi connectivity index (χ3n) is 5.76. The van der Waals surface area contributed by atoms with Crippen LogP contribution in [-0.2, 0) is 4.79 Å². The molecule has 1 saturated heterocycles. The van der Waals surface area contributed by atoms with Crippen LogP contribution in [0.4, 0.5) is 0 Å². The molecule has 0 radical (unpaired) electrons. The summed E-state index contributed by atoms with van der Waals surface area (Å²) in [6.45, 7) is 2.87. The van der Waals surface area contributed by atoms with Crippen molar-refractivity contribution in [2.75, 3.05) is 13.1 Å². The number of nitrogens with zero attached hydrogens (tertiary/aromatic N) is 4. The largest absolute Gasteiger partial charge is 0.369 e. The lowest BCUT2D eigenvalue weighted by Crippen LogP contribution is -2.41. The summed E-state index contributed by atoms with van der Waals surface area (Å²) in [4.78, 5) is 31.1. The smallest absolute Gasteiger partial charge is 0.257 e. The molecule has 2 amide bonds. The van der Waals surface area contributed by atoms with E-state index in [-0.39, 0.29) is 17.7 Å². The molecule has 25 heavy (non-hydrogen) atoms. The Morgan fingerprint density at radius 1 is 1.36 bits per heavy atom. The van der Waals surface area contributed by atoms with Gasteiger partial charge in [0.15, 0.2) is 5.82 Å². The summed E-state index contributed by atoms with van der Waals surface area (Å²) >= 11 is 0. The fourth-order valence-corrected chi connectivity index (χ4v) is 4.35. The number of hydrogen-bond acceptors (Lipinski definition) is 4. The summed E-state index contributed by atoms with van der Waals surface area (Å²) in [5.74, 6) is 0.493. The maximum absolute atomic E-state index is 13.0. The van der Waals surface area contributed by atoms with Gasteiger partial charge in [-0.05, 0) is 37.8 Å². The summed E-state index contributed by atoms with van der Waals surface area (Å²) in [5.41, 5.74) is 6.43. The highest BCUT2D eigenvalue weighted by atomic mass is 16.2. The van der Waals surface area contributed by atoms with E-state index >= 15 is 0 Å². The molecular formula is C18H21N5O2. The Kier molecular flexibility index (Phi) is 3.59. The molecule has 130 valence electrons. The maximum Gasteiger partial charge on any atom is 0.257 e. The van der Waals surface area contributed by atoms with Gasteiger partial charge >= 0.3 is 0 Å². The second kappa shape index (κ2) is 5.68. The molecule has 2 aromatic heterocycles. The number of carbonyl (C=O) groups is 2. The first kappa shape index (κ1) is 15.8. The van der Waals surface area contributed by atoms with E-state index in [4.69, 9.17) is 5.73 Å². The maximum atomic E-state index is 13.0. The number of carbonyl (C=O) groups excluding carboxylic acids is 2. The Bertz CT molecular complexity index is 831. The van der Waals surface area contributed by atoms with Gasteiger partial charge in [-0.2, -0.15) is 5.10 Å². The van der Waals surface area contributed by atoms with Crippen LogP contribution in [0.3, 0.4) is 0 Å². The van der Waals surface area contributed by atoms with Crippen LogP contribution >= 0.6 is 0 Å². The molecule has 2 atom stereocenters. The highest BCUT2D eigenvalue weighted by Gasteiger charge is 2.54. The van der Waals surface area contributed by atoms with Crippen LogP contribution in [0.15, 0.2) is 30.6 Å². The fraction of sp³-hybridized carbons (Fsp3) is 0.444. The first-order valence-corrected chi connectivity index (χ1v) is 8.58. The summed E-state index contributed by atoms with van der Waals surface area (Å²) < 4.78 is 1.66. The van der Waals surface area contributed by atoms with Gasteiger partial charge in [0.25, 0.3) is 5.91 Å². The molecule has 3 heterocycles. The minimum Gasteiger partial charge on any atom is -0.369 e. The van der Waals surface area contributed by atoms with E-state index in [9.17, 15) is 9.59 Å². The number of aromatic nitrogens is 3. The minimum absolute atomic E-state index is 0.0882. The molecule has 0 bridgehead atoms. The highest BCUT2D eigenvalue weighted by molar-refractivity contribution is 5.96. The number of nitrogens with two attached hydrogens (primary N) is 1. The molecule has 2 N–H and O–H groups in total. The van der Waals surface area contributed by atoms with Crippen molar-refractivity contribution in [1.29, 1.82) is 0 Å². The molecule has 1 aliphatic carbocycles. The zero-order chi connectivity index (χ0) is 17.6. The lowest BCUT2D eigenvalue weighted by atomic mass is 9.80. The third kappa shape index (κ3) is 2.33. The molecule has 1 saturated carbocycles. The Labute approximate surface area is 145 Å². The van der Waals surface area contributed by atoms with Gasteiger partial charge < -0.3 is 10.6 Å². The van der Waals surface area contributed by atoms with Crippen molar-refractivity contribution >= 4 is 11.8 Å². The van der Waals surface area contributed by atoms with Gasteiger partial charge in [0.1, 0.15) is 0 Å². The second-order valence-electron chi connectivity index (χ2n) is 7.04. The molecular weight excluding hydrogens is 318 g/mol. The van der Waals surface area contributed by atoms with Crippen molar-refractivity contribution in [3.8, 4) is 5.82 Å². The first-order chi connectivity index (χ1) is 12.0. The molecule has 0 unspecified atom stereocenters. The predicted molar refractivity (Wildman–Crippen MR) is 91.0 cm³/mol. The number of fused-ring (bicyclic) bond motifs is 1. The van der Waals surface area contributed by atoms with E-state index in [1.165, 1.54) is 0 Å². The quantitative estimate of drug-likeness (QED) is 0.912. The molecule has 0 aromatic carbocycles. The van der Waals surface area contributed by atoms with Crippen molar-refractivity contribution in [2.45, 2.75) is 26.2 Å². The normalized spacial score (nSPS) is 25.2. The number of pyridine rings is 1. The van der Waals surface area contributed by atoms with Crippen molar-refractivity contribution in [3.63, 3.8) is 0 Å². The average molecular weight is 339 g/mol. The van der Waals surface area contributed by atoms with Crippen LogP contribution in [0.1, 0.15) is 35.3 Å². The summed E-state index contributed by atoms with van der Waals surface area (Å²) in [5, 5.41) is 4.32. The zero-order valence-electron chi connectivity index (χ0n) is 14.2. The number of hydrogen-bond donors (Lipinski definition) is 1. The van der Waals surface area contributed by atoms with Crippen molar-refractivity contribution in [1.82, 2.24) is 19.7 Å². The standard InChI is InChI=1S/C18H21N5O2/c1-12-14(9-21-23(12)15-6-2-3-8-20-15)16(24)22-10-13-5-4-7-18(13,11-22)17(19)25/h2-3,6,8-9,13H,4-5,7,10-11H2,1H3,(H2,19,25)/t13-,18-/m0/s1. The van der Waals surface area contributed by atoms with Gasteiger partial charge in [-0.3, -0.25) is 9.59 Å². The highest BCUT2D eigenvalue weighted by Crippen LogP contribution is 2.48. The van der Waals surface area contributed by atoms with Gasteiger partial charge in [-0.25, -0.2) is 9.67 Å². The Hall–Kier alpha value is -2.70. The van der Waals surface area contributed by atoms with Gasteiger partial charge in [-0.15, -0.1) is 0 Å². The third-order valence-corrected chi connectivity index (χ3v) is 5.76. The second-order valence-corrected chi connectivity index (χ2v) is 7.04. The molecule has 0 spiro atoms. The minimum atomic E-state index is -0.541. The van der Waals surface area contributed by atoms with Crippen LogP contribution in [0.2, 0.25) is 0 Å². The lowest BCUT2D eigenvalue weighted by Gasteiger charge is -2.24. The molecule has 2 aromatic rings. The molecule has 1 aliphatic heterocycles. The summed E-state index contributed by atoms with van der Waals surface area (Å²) in [6, 6.07) is 5.56. The lowest BCUT2D eigenvalue weighted by molar-refractivity contribution is -0.128. The van der Waals surface area contributed by atoms with E-state index in [1.807, 2.05) is 25.1 Å². The fourth-order valence-electron chi connectivity index (χ4n) is 4.35. The Balaban J connectivity index is 1.61.